The van der Waals surface area contributed by atoms with Gasteiger partial charge in [0.2, 0.25) is 0 Å². The van der Waals surface area contributed by atoms with Gasteiger partial charge in [0.25, 0.3) is 10.0 Å². The van der Waals surface area contributed by atoms with E-state index in [0.717, 1.165) is 5.56 Å². The van der Waals surface area contributed by atoms with E-state index in [1.54, 1.807) is 36.4 Å². The standard InChI is InChI=1S/C20H16FNO2S/c1-15-7-13-19(14-8-15)25(23,24)22-20(16-5-3-2-4-6-16)17-9-11-18(21)12-10-17/h2-14H,1H3/b22-20+. The van der Waals surface area contributed by atoms with Gasteiger partial charge in [-0.05, 0) is 43.3 Å². The second-order valence-corrected chi connectivity index (χ2v) is 7.21. The molecule has 0 aliphatic carbocycles. The number of sulfonamides is 1. The van der Waals surface area contributed by atoms with Gasteiger partial charge in [0.1, 0.15) is 5.82 Å². The number of hydrogen-bond donors (Lipinski definition) is 0. The number of rotatable bonds is 4. The molecule has 0 radical (unpaired) electrons. The first-order valence-corrected chi connectivity index (χ1v) is 9.13. The molecule has 0 aliphatic rings. The summed E-state index contributed by atoms with van der Waals surface area (Å²) in [4.78, 5) is 0.119. The van der Waals surface area contributed by atoms with Gasteiger partial charge in [0, 0.05) is 11.1 Å². The normalized spacial score (nSPS) is 12.2. The van der Waals surface area contributed by atoms with Crippen LogP contribution in [0.25, 0.3) is 0 Å². The van der Waals surface area contributed by atoms with Gasteiger partial charge >= 0.3 is 0 Å². The molecule has 3 aromatic carbocycles. The van der Waals surface area contributed by atoms with E-state index in [1.807, 2.05) is 13.0 Å². The van der Waals surface area contributed by atoms with Crippen molar-refractivity contribution in [3.63, 3.8) is 0 Å². The van der Waals surface area contributed by atoms with Crippen LogP contribution in [0.1, 0.15) is 16.7 Å². The summed E-state index contributed by atoms with van der Waals surface area (Å²) in [6.45, 7) is 1.88. The molecule has 25 heavy (non-hydrogen) atoms. The lowest BCUT2D eigenvalue weighted by atomic mass is 10.0. The van der Waals surface area contributed by atoms with Gasteiger partial charge in [-0.1, -0.05) is 48.0 Å². The van der Waals surface area contributed by atoms with E-state index in [-0.39, 0.29) is 10.6 Å². The van der Waals surface area contributed by atoms with Gasteiger partial charge in [-0.2, -0.15) is 12.8 Å². The van der Waals surface area contributed by atoms with E-state index in [2.05, 4.69) is 4.40 Å². The molecular weight excluding hydrogens is 337 g/mol. The van der Waals surface area contributed by atoms with Gasteiger partial charge in [0.15, 0.2) is 0 Å². The molecule has 0 heterocycles. The SMILES string of the molecule is Cc1ccc(S(=O)(=O)/N=C(\c2ccccc2)c2ccc(F)cc2)cc1. The Bertz CT molecular complexity index is 994. The Kier molecular flexibility index (Phi) is 4.76. The van der Waals surface area contributed by atoms with Crippen LogP contribution in [0.5, 0.6) is 0 Å². The summed E-state index contributed by atoms with van der Waals surface area (Å²) < 4.78 is 42.7. The Morgan fingerprint density at radius 3 is 1.96 bits per heavy atom. The van der Waals surface area contributed by atoms with Crippen LogP contribution >= 0.6 is 0 Å². The Hall–Kier alpha value is -2.79. The monoisotopic (exact) mass is 353 g/mol. The third kappa shape index (κ3) is 4.00. The molecule has 0 aromatic heterocycles. The Labute approximate surface area is 146 Å². The molecule has 0 saturated heterocycles. The average molecular weight is 353 g/mol. The third-order valence-corrected chi connectivity index (χ3v) is 4.99. The smallest absolute Gasteiger partial charge is 0.207 e. The molecule has 3 nitrogen and oxygen atoms in total. The first kappa shape index (κ1) is 17.0. The molecule has 0 N–H and O–H groups in total. The van der Waals surface area contributed by atoms with E-state index < -0.39 is 15.8 Å². The Balaban J connectivity index is 2.15. The van der Waals surface area contributed by atoms with Crippen molar-refractivity contribution in [3.8, 4) is 0 Å². The van der Waals surface area contributed by atoms with E-state index >= 15 is 0 Å². The van der Waals surface area contributed by atoms with Crippen molar-refractivity contribution in [2.75, 3.05) is 0 Å². The lowest BCUT2D eigenvalue weighted by Gasteiger charge is -2.08. The minimum Gasteiger partial charge on any atom is -0.207 e. The largest absolute Gasteiger partial charge is 0.282 e. The number of halogens is 1. The molecule has 0 amide bonds. The maximum Gasteiger partial charge on any atom is 0.282 e. The Morgan fingerprint density at radius 2 is 1.36 bits per heavy atom. The van der Waals surface area contributed by atoms with E-state index in [0.29, 0.717) is 11.1 Å². The van der Waals surface area contributed by atoms with Crippen molar-refractivity contribution < 1.29 is 12.8 Å². The molecule has 0 spiro atoms. The molecule has 0 saturated carbocycles. The molecule has 126 valence electrons. The van der Waals surface area contributed by atoms with Crippen LogP contribution in [0.15, 0.2) is 88.2 Å². The van der Waals surface area contributed by atoms with Crippen LogP contribution in [-0.4, -0.2) is 14.1 Å². The fourth-order valence-corrected chi connectivity index (χ4v) is 3.40. The van der Waals surface area contributed by atoms with Crippen molar-refractivity contribution in [1.82, 2.24) is 0 Å². The highest BCUT2D eigenvalue weighted by Gasteiger charge is 2.16. The molecular formula is C20H16FNO2S. The molecule has 3 rings (SSSR count). The summed E-state index contributed by atoms with van der Waals surface area (Å²) in [5, 5.41) is 0. The van der Waals surface area contributed by atoms with E-state index in [9.17, 15) is 12.8 Å². The van der Waals surface area contributed by atoms with Gasteiger partial charge in [0.05, 0.1) is 10.6 Å². The van der Waals surface area contributed by atoms with Crippen LogP contribution in [0, 0.1) is 12.7 Å². The third-order valence-electron chi connectivity index (χ3n) is 3.70. The van der Waals surface area contributed by atoms with E-state index in [4.69, 9.17) is 0 Å². The van der Waals surface area contributed by atoms with E-state index in [1.165, 1.54) is 36.4 Å². The van der Waals surface area contributed by atoms with Gasteiger partial charge < -0.3 is 0 Å². The average Bonchev–Trinajstić information content (AvgIpc) is 2.62. The summed E-state index contributed by atoms with van der Waals surface area (Å²) in [7, 11) is -3.89. The van der Waals surface area contributed by atoms with Gasteiger partial charge in [-0.3, -0.25) is 0 Å². The fourth-order valence-electron chi connectivity index (χ4n) is 2.36. The minimum atomic E-state index is -3.89. The van der Waals surface area contributed by atoms with Crippen molar-refractivity contribution in [2.24, 2.45) is 4.40 Å². The second-order valence-electron chi connectivity index (χ2n) is 5.60. The maximum atomic E-state index is 13.2. The highest BCUT2D eigenvalue weighted by molar-refractivity contribution is 7.90. The van der Waals surface area contributed by atoms with Crippen LogP contribution in [0.2, 0.25) is 0 Å². The lowest BCUT2D eigenvalue weighted by molar-refractivity contribution is 0.598. The predicted molar refractivity (Wildman–Crippen MR) is 96.8 cm³/mol. The topological polar surface area (TPSA) is 46.5 Å². The molecule has 0 fully saturated rings. The summed E-state index contributed by atoms with van der Waals surface area (Å²) in [6.07, 6.45) is 0. The maximum absolute atomic E-state index is 13.2. The Morgan fingerprint density at radius 1 is 0.800 bits per heavy atom. The summed E-state index contributed by atoms with van der Waals surface area (Å²) in [6, 6.07) is 21.1. The molecule has 5 heteroatoms. The molecule has 0 aliphatic heterocycles. The van der Waals surface area contributed by atoms with Crippen molar-refractivity contribution >= 4 is 15.7 Å². The van der Waals surface area contributed by atoms with Crippen LogP contribution in [0.3, 0.4) is 0 Å². The molecule has 0 bridgehead atoms. The fraction of sp³-hybridized carbons (Fsp3) is 0.0500. The van der Waals surface area contributed by atoms with Gasteiger partial charge in [-0.25, -0.2) is 4.39 Å². The second kappa shape index (κ2) is 6.99. The summed E-state index contributed by atoms with van der Waals surface area (Å²) >= 11 is 0. The van der Waals surface area contributed by atoms with Crippen LogP contribution in [0.4, 0.5) is 4.39 Å². The molecule has 3 aromatic rings. The van der Waals surface area contributed by atoms with Crippen molar-refractivity contribution in [1.29, 1.82) is 0 Å². The predicted octanol–water partition coefficient (Wildman–Crippen LogP) is 4.36. The summed E-state index contributed by atoms with van der Waals surface area (Å²) in [5.41, 5.74) is 2.42. The first-order valence-electron chi connectivity index (χ1n) is 7.69. The number of nitrogens with zero attached hydrogens (tertiary/aromatic N) is 1. The number of benzene rings is 3. The molecule has 0 unspecified atom stereocenters. The zero-order chi connectivity index (χ0) is 17.9. The van der Waals surface area contributed by atoms with Crippen molar-refractivity contribution in [2.45, 2.75) is 11.8 Å². The van der Waals surface area contributed by atoms with Gasteiger partial charge in [-0.15, -0.1) is 0 Å². The minimum absolute atomic E-state index is 0.119. The van der Waals surface area contributed by atoms with Crippen LogP contribution in [-0.2, 0) is 10.0 Å². The highest BCUT2D eigenvalue weighted by Crippen LogP contribution is 2.18. The highest BCUT2D eigenvalue weighted by atomic mass is 32.2. The first-order chi connectivity index (χ1) is 12.0. The number of hydrogen-bond acceptors (Lipinski definition) is 2. The number of aryl methyl sites for hydroxylation is 1. The van der Waals surface area contributed by atoms with Crippen LogP contribution < -0.4 is 0 Å². The quantitative estimate of drug-likeness (QED) is 0.654. The zero-order valence-electron chi connectivity index (χ0n) is 13.6. The lowest BCUT2D eigenvalue weighted by Crippen LogP contribution is -2.08. The van der Waals surface area contributed by atoms with Crippen molar-refractivity contribution in [3.05, 3.63) is 101 Å². The summed E-state index contributed by atoms with van der Waals surface area (Å²) in [5.74, 6) is -0.391. The zero-order valence-corrected chi connectivity index (χ0v) is 14.4. The molecule has 0 atom stereocenters.